The Morgan fingerprint density at radius 1 is 0.915 bits per heavy atom. The van der Waals surface area contributed by atoms with E-state index in [2.05, 4.69) is 25.8 Å². The molecule has 4 N–H and O–H groups in total. The van der Waals surface area contributed by atoms with Crippen molar-refractivity contribution in [2.45, 2.75) is 123 Å². The second-order valence-electron chi connectivity index (χ2n) is 18.4. The summed E-state index contributed by atoms with van der Waals surface area (Å²) in [5, 5.41) is 20.1. The molecule has 1 saturated heterocycles. The zero-order valence-electron chi connectivity index (χ0n) is 35.9. The number of hydrogen-bond donors (Lipinski definition) is 4. The first kappa shape index (κ1) is 45.2. The molecule has 1 aromatic heterocycles. The Morgan fingerprint density at radius 3 is 2.27 bits per heavy atom. The molecule has 3 amide bonds. The van der Waals surface area contributed by atoms with Gasteiger partial charge in [0.1, 0.15) is 23.8 Å². The van der Waals surface area contributed by atoms with Gasteiger partial charge in [0, 0.05) is 63.0 Å². The molecule has 2 aromatic carbocycles. The average molecular weight is 813 g/mol. The number of aromatic nitrogens is 1. The summed E-state index contributed by atoms with van der Waals surface area (Å²) < 4.78 is 11.9. The smallest absolute Gasteiger partial charge is 0.408 e. The predicted molar refractivity (Wildman–Crippen MR) is 226 cm³/mol. The number of esters is 1. The molecular weight excluding hydrogens is 749 g/mol. The molecule has 13 nitrogen and oxygen atoms in total. The highest BCUT2D eigenvalue weighted by molar-refractivity contribution is 5.83. The van der Waals surface area contributed by atoms with Gasteiger partial charge in [0.25, 0.3) is 0 Å². The Hall–Kier alpha value is -4.85. The number of carbonyl (C=O) groups is 4. The van der Waals surface area contributed by atoms with E-state index in [1.54, 1.807) is 27.0 Å². The molecule has 13 heteroatoms. The fourth-order valence-corrected chi connectivity index (χ4v) is 7.80. The summed E-state index contributed by atoms with van der Waals surface area (Å²) in [6.07, 6.45) is 2.01. The van der Waals surface area contributed by atoms with Gasteiger partial charge >= 0.3 is 12.1 Å². The summed E-state index contributed by atoms with van der Waals surface area (Å²) in [6.45, 7) is 17.0. The van der Waals surface area contributed by atoms with Gasteiger partial charge in [0.05, 0.1) is 12.1 Å². The summed E-state index contributed by atoms with van der Waals surface area (Å²) in [7, 11) is 0. The molecule has 2 aliphatic rings. The molecule has 1 unspecified atom stereocenters. The summed E-state index contributed by atoms with van der Waals surface area (Å²) in [5.74, 6) is -2.16. The first-order valence-corrected chi connectivity index (χ1v) is 20.8. The van der Waals surface area contributed by atoms with Crippen LogP contribution in [0.5, 0.6) is 0 Å². The Bertz CT molecular complexity index is 1860. The van der Waals surface area contributed by atoms with Crippen LogP contribution in [0.2, 0.25) is 0 Å². The van der Waals surface area contributed by atoms with Crippen LogP contribution in [-0.2, 0) is 43.2 Å². The van der Waals surface area contributed by atoms with Crippen molar-refractivity contribution in [3.05, 3.63) is 101 Å². The van der Waals surface area contributed by atoms with Crippen LogP contribution in [0.4, 0.5) is 4.79 Å². The van der Waals surface area contributed by atoms with Crippen LogP contribution in [-0.4, -0.2) is 105 Å². The van der Waals surface area contributed by atoms with Gasteiger partial charge in [-0.2, -0.15) is 0 Å². The number of nitrogens with one attached hydrogen (secondary N) is 3. The van der Waals surface area contributed by atoms with E-state index < -0.39 is 59.5 Å². The fraction of sp³-hybridized carbons (Fsp3) is 0.543. The van der Waals surface area contributed by atoms with Crippen LogP contribution in [0, 0.1) is 11.8 Å². The molecule has 5 rings (SSSR count). The number of pyridine rings is 1. The second-order valence-corrected chi connectivity index (χ2v) is 18.4. The number of piperazine rings is 1. The summed E-state index contributed by atoms with van der Waals surface area (Å²) in [5.41, 5.74) is 2.52. The number of amides is 3. The molecule has 1 fully saturated rings. The lowest BCUT2D eigenvalue weighted by atomic mass is 9.91. The minimum absolute atomic E-state index is 0.109. The van der Waals surface area contributed by atoms with Crippen LogP contribution in [0.15, 0.2) is 79.1 Å². The predicted octanol–water partition coefficient (Wildman–Crippen LogP) is 4.97. The third kappa shape index (κ3) is 13.6. The van der Waals surface area contributed by atoms with E-state index in [1.807, 2.05) is 112 Å². The first-order valence-electron chi connectivity index (χ1n) is 20.8. The average Bonchev–Trinajstić information content (AvgIpc) is 3.47. The highest BCUT2D eigenvalue weighted by Gasteiger charge is 2.40. The van der Waals surface area contributed by atoms with Gasteiger partial charge in [0.15, 0.2) is 0 Å². The van der Waals surface area contributed by atoms with Gasteiger partial charge in [-0.05, 0) is 88.6 Å². The molecule has 0 radical (unpaired) electrons. The highest BCUT2D eigenvalue weighted by Crippen LogP contribution is 2.32. The van der Waals surface area contributed by atoms with Crippen molar-refractivity contribution in [1.82, 2.24) is 30.7 Å². The Balaban J connectivity index is 1.46. The lowest BCUT2D eigenvalue weighted by Crippen LogP contribution is -2.62. The van der Waals surface area contributed by atoms with Gasteiger partial charge in [-0.25, -0.2) is 9.59 Å². The molecule has 6 atom stereocenters. The maximum absolute atomic E-state index is 14.5. The van der Waals surface area contributed by atoms with E-state index in [1.165, 1.54) is 0 Å². The lowest BCUT2D eigenvalue weighted by molar-refractivity contribution is -0.156. The largest absolute Gasteiger partial charge is 0.459 e. The van der Waals surface area contributed by atoms with E-state index >= 15 is 0 Å². The van der Waals surface area contributed by atoms with Crippen molar-refractivity contribution >= 4 is 23.9 Å². The van der Waals surface area contributed by atoms with Crippen molar-refractivity contribution in [2.24, 2.45) is 11.8 Å². The molecule has 3 aromatic rings. The quantitative estimate of drug-likeness (QED) is 0.154. The second kappa shape index (κ2) is 19.9. The third-order valence-corrected chi connectivity index (χ3v) is 10.6. The number of rotatable bonds is 15. The zero-order valence-corrected chi connectivity index (χ0v) is 35.9. The maximum Gasteiger partial charge on any atom is 0.408 e. The SMILES string of the molecule is CC(C)C(NC(=O)OC(C)(C)C)C(=O)O[C@@H](C[C@@H](Cc1ccccc1)C(=O)N[C@H]1c2ccccc2C[C@H]1O)CN1CCN(Cc2cccnc2)C[C@H]1C(=O)NC(C)(C)C. The van der Waals surface area contributed by atoms with Gasteiger partial charge in [-0.3, -0.25) is 24.4 Å². The monoisotopic (exact) mass is 812 g/mol. The van der Waals surface area contributed by atoms with Gasteiger partial charge in [-0.15, -0.1) is 0 Å². The van der Waals surface area contributed by atoms with Crippen LogP contribution in [0.25, 0.3) is 0 Å². The summed E-state index contributed by atoms with van der Waals surface area (Å²) >= 11 is 0. The van der Waals surface area contributed by atoms with Crippen LogP contribution >= 0.6 is 0 Å². The number of nitrogens with zero attached hydrogens (tertiary/aromatic N) is 3. The number of ether oxygens (including phenoxy) is 2. The van der Waals surface area contributed by atoms with Gasteiger partial charge in [-0.1, -0.05) is 74.5 Å². The zero-order chi connectivity index (χ0) is 42.9. The fourth-order valence-electron chi connectivity index (χ4n) is 7.80. The van der Waals surface area contributed by atoms with Crippen molar-refractivity contribution in [3.63, 3.8) is 0 Å². The van der Waals surface area contributed by atoms with E-state index in [9.17, 15) is 24.3 Å². The van der Waals surface area contributed by atoms with E-state index in [0.717, 1.165) is 22.3 Å². The third-order valence-electron chi connectivity index (χ3n) is 10.6. The number of alkyl carbamates (subject to hydrolysis) is 1. The standard InChI is InChI=1S/C46H64N6O7/c1-30(2)39(49-44(57)59-46(6,7)8)43(56)58-35(28-52-22-21-51(27-32-17-14-20-47-26-32)29-37(52)42(55)50-45(3,4)5)24-34(23-31-15-10-9-11-16-31)41(54)48-40-36-19-13-12-18-33(36)25-38(40)53/h9-20,26,30,34-35,37-40,53H,21-25,27-29H2,1-8H3,(H,48,54)(H,49,57)(H,50,55)/t34-,35+,37+,38-,39?,40+/m1/s1. The van der Waals surface area contributed by atoms with Crippen LogP contribution < -0.4 is 16.0 Å². The van der Waals surface area contributed by atoms with Crippen molar-refractivity contribution < 1.29 is 33.8 Å². The van der Waals surface area contributed by atoms with Crippen molar-refractivity contribution in [2.75, 3.05) is 26.2 Å². The maximum atomic E-state index is 14.5. The number of aliphatic hydroxyl groups excluding tert-OH is 1. The van der Waals surface area contributed by atoms with Gasteiger partial charge in [0.2, 0.25) is 11.8 Å². The van der Waals surface area contributed by atoms with E-state index in [0.29, 0.717) is 39.0 Å². The number of hydrogen-bond acceptors (Lipinski definition) is 10. The molecular formula is C46H64N6O7. The van der Waals surface area contributed by atoms with E-state index in [4.69, 9.17) is 9.47 Å². The Morgan fingerprint density at radius 2 is 1.61 bits per heavy atom. The molecule has 0 bridgehead atoms. The normalized spacial score (nSPS) is 20.2. The van der Waals surface area contributed by atoms with Crippen LogP contribution in [0.3, 0.4) is 0 Å². The summed E-state index contributed by atoms with van der Waals surface area (Å²) in [4.78, 5) is 64.3. The molecule has 0 spiro atoms. The molecule has 0 saturated carbocycles. The van der Waals surface area contributed by atoms with Crippen molar-refractivity contribution in [1.29, 1.82) is 0 Å². The molecule has 2 heterocycles. The number of benzene rings is 2. The topological polar surface area (TPSA) is 162 Å². The minimum Gasteiger partial charge on any atom is -0.459 e. The first-order chi connectivity index (χ1) is 27.8. The number of aliphatic hydroxyl groups is 1. The molecule has 1 aliphatic carbocycles. The molecule has 59 heavy (non-hydrogen) atoms. The van der Waals surface area contributed by atoms with Gasteiger partial charge < -0.3 is 30.5 Å². The van der Waals surface area contributed by atoms with Crippen molar-refractivity contribution in [3.8, 4) is 0 Å². The lowest BCUT2D eigenvalue weighted by Gasteiger charge is -2.43. The summed E-state index contributed by atoms with van der Waals surface area (Å²) in [6, 6.07) is 19.0. The number of fused-ring (bicyclic) bond motifs is 1. The van der Waals surface area contributed by atoms with Crippen LogP contribution in [0.1, 0.15) is 90.1 Å². The molecule has 1 aliphatic heterocycles. The van der Waals surface area contributed by atoms with E-state index in [-0.39, 0.29) is 30.7 Å². The number of carbonyl (C=O) groups excluding carboxylic acids is 4. The Kier molecular flexibility index (Phi) is 15.3. The minimum atomic E-state index is -1.05. The molecule has 320 valence electrons. The Labute approximate surface area is 349 Å². The highest BCUT2D eigenvalue weighted by atomic mass is 16.6.